The van der Waals surface area contributed by atoms with Gasteiger partial charge in [-0.15, -0.1) is 0 Å². The third kappa shape index (κ3) is 4.44. The SMILES string of the molecule is CC(C)CCN1CCN(C2CCCC2)C[C@@H]1CCO. The van der Waals surface area contributed by atoms with Crippen molar-refractivity contribution >= 4 is 0 Å². The van der Waals surface area contributed by atoms with Crippen LogP contribution in [0, 0.1) is 5.92 Å². The Morgan fingerprint density at radius 3 is 2.53 bits per heavy atom. The van der Waals surface area contributed by atoms with E-state index in [9.17, 15) is 5.11 Å². The van der Waals surface area contributed by atoms with Crippen molar-refractivity contribution in [3.63, 3.8) is 0 Å². The molecular weight excluding hydrogens is 236 g/mol. The van der Waals surface area contributed by atoms with E-state index in [4.69, 9.17) is 0 Å². The van der Waals surface area contributed by atoms with Crippen LogP contribution in [0.3, 0.4) is 0 Å². The van der Waals surface area contributed by atoms with Gasteiger partial charge in [0.1, 0.15) is 0 Å². The summed E-state index contributed by atoms with van der Waals surface area (Å²) in [7, 11) is 0. The van der Waals surface area contributed by atoms with Crippen LogP contribution >= 0.6 is 0 Å². The Balaban J connectivity index is 1.85. The molecule has 1 aliphatic carbocycles. The first-order valence-electron chi connectivity index (χ1n) is 8.29. The lowest BCUT2D eigenvalue weighted by molar-refractivity contribution is 0.0350. The van der Waals surface area contributed by atoms with Gasteiger partial charge in [-0.2, -0.15) is 0 Å². The lowest BCUT2D eigenvalue weighted by Crippen LogP contribution is -2.55. The lowest BCUT2D eigenvalue weighted by atomic mass is 10.0. The summed E-state index contributed by atoms with van der Waals surface area (Å²) in [5, 5.41) is 9.32. The normalized spacial score (nSPS) is 27.5. The lowest BCUT2D eigenvalue weighted by Gasteiger charge is -2.44. The maximum atomic E-state index is 9.32. The maximum absolute atomic E-state index is 9.32. The molecule has 3 nitrogen and oxygen atoms in total. The van der Waals surface area contributed by atoms with Crippen LogP contribution in [0.4, 0.5) is 0 Å². The van der Waals surface area contributed by atoms with Crippen LogP contribution in [0.15, 0.2) is 0 Å². The molecule has 2 aliphatic rings. The monoisotopic (exact) mass is 268 g/mol. The Bertz CT molecular complexity index is 251. The third-order valence-electron chi connectivity index (χ3n) is 4.93. The average Bonchev–Trinajstić information content (AvgIpc) is 2.91. The molecule has 1 aliphatic heterocycles. The van der Waals surface area contributed by atoms with E-state index < -0.39 is 0 Å². The zero-order valence-corrected chi connectivity index (χ0v) is 12.9. The van der Waals surface area contributed by atoms with E-state index in [1.807, 2.05) is 0 Å². The van der Waals surface area contributed by atoms with Crippen molar-refractivity contribution in [2.24, 2.45) is 5.92 Å². The van der Waals surface area contributed by atoms with Crippen molar-refractivity contribution in [2.45, 2.75) is 64.5 Å². The number of rotatable bonds is 6. The highest BCUT2D eigenvalue weighted by Crippen LogP contribution is 2.26. The number of aliphatic hydroxyl groups excluding tert-OH is 1. The van der Waals surface area contributed by atoms with Gasteiger partial charge in [0.25, 0.3) is 0 Å². The molecule has 1 saturated carbocycles. The highest BCUT2D eigenvalue weighted by molar-refractivity contribution is 4.87. The third-order valence-corrected chi connectivity index (χ3v) is 4.93. The molecule has 0 bridgehead atoms. The minimum atomic E-state index is 0.335. The molecule has 0 unspecified atom stereocenters. The standard InChI is InChI=1S/C16H32N2O/c1-14(2)7-9-17-10-11-18(13-16(17)8-12-19)15-5-3-4-6-15/h14-16,19H,3-13H2,1-2H3/t16-/m0/s1. The molecule has 3 heteroatoms. The molecule has 19 heavy (non-hydrogen) atoms. The fourth-order valence-corrected chi connectivity index (χ4v) is 3.66. The topological polar surface area (TPSA) is 26.7 Å². The van der Waals surface area contributed by atoms with Crippen LogP contribution in [0.5, 0.6) is 0 Å². The smallest absolute Gasteiger partial charge is 0.0446 e. The Morgan fingerprint density at radius 1 is 1.16 bits per heavy atom. The van der Waals surface area contributed by atoms with Crippen LogP contribution in [-0.4, -0.2) is 59.8 Å². The molecule has 0 aromatic rings. The second-order valence-corrected chi connectivity index (χ2v) is 6.82. The Labute approximate surface area is 119 Å². The van der Waals surface area contributed by atoms with Gasteiger partial charge in [-0.3, -0.25) is 9.80 Å². The van der Waals surface area contributed by atoms with Crippen molar-refractivity contribution < 1.29 is 5.11 Å². The number of hydrogen-bond acceptors (Lipinski definition) is 3. The van der Waals surface area contributed by atoms with Gasteiger partial charge >= 0.3 is 0 Å². The molecule has 1 atom stereocenters. The summed E-state index contributed by atoms with van der Waals surface area (Å²) in [5.74, 6) is 0.780. The molecule has 1 saturated heterocycles. The molecular formula is C16H32N2O. The van der Waals surface area contributed by atoms with Gasteiger partial charge in [0.2, 0.25) is 0 Å². The number of nitrogens with zero attached hydrogens (tertiary/aromatic N) is 2. The minimum Gasteiger partial charge on any atom is -0.396 e. The molecule has 0 aromatic heterocycles. The molecule has 0 amide bonds. The van der Waals surface area contributed by atoms with E-state index in [-0.39, 0.29) is 0 Å². The van der Waals surface area contributed by atoms with E-state index in [0.29, 0.717) is 12.6 Å². The van der Waals surface area contributed by atoms with Gasteiger partial charge in [-0.25, -0.2) is 0 Å². The summed E-state index contributed by atoms with van der Waals surface area (Å²) < 4.78 is 0. The molecule has 2 rings (SSSR count). The molecule has 0 spiro atoms. The van der Waals surface area contributed by atoms with Crippen LogP contribution in [-0.2, 0) is 0 Å². The second kappa shape index (κ2) is 7.61. The zero-order chi connectivity index (χ0) is 13.7. The maximum Gasteiger partial charge on any atom is 0.0446 e. The highest BCUT2D eigenvalue weighted by Gasteiger charge is 2.31. The molecule has 1 heterocycles. The van der Waals surface area contributed by atoms with E-state index in [1.165, 1.54) is 58.3 Å². The summed E-state index contributed by atoms with van der Waals surface area (Å²) in [6.07, 6.45) is 7.87. The zero-order valence-electron chi connectivity index (χ0n) is 12.9. The van der Waals surface area contributed by atoms with Crippen molar-refractivity contribution in [1.82, 2.24) is 9.80 Å². The number of hydrogen-bond donors (Lipinski definition) is 1. The first-order valence-corrected chi connectivity index (χ1v) is 8.29. The van der Waals surface area contributed by atoms with Gasteiger partial charge < -0.3 is 5.11 Å². The summed E-state index contributed by atoms with van der Waals surface area (Å²) >= 11 is 0. The quantitative estimate of drug-likeness (QED) is 0.801. The van der Waals surface area contributed by atoms with Gasteiger partial charge in [0, 0.05) is 38.3 Å². The minimum absolute atomic E-state index is 0.335. The first-order chi connectivity index (χ1) is 9.20. The predicted octanol–water partition coefficient (Wildman–Crippen LogP) is 2.34. The summed E-state index contributed by atoms with van der Waals surface area (Å²) in [4.78, 5) is 5.33. The summed E-state index contributed by atoms with van der Waals surface area (Å²) in [6, 6.07) is 1.42. The molecule has 2 fully saturated rings. The molecule has 0 radical (unpaired) electrons. The molecule has 1 N–H and O–H groups in total. The van der Waals surface area contributed by atoms with Crippen molar-refractivity contribution in [3.05, 3.63) is 0 Å². The number of piperazine rings is 1. The van der Waals surface area contributed by atoms with E-state index in [1.54, 1.807) is 0 Å². The second-order valence-electron chi connectivity index (χ2n) is 6.82. The molecule has 0 aromatic carbocycles. The Morgan fingerprint density at radius 2 is 1.89 bits per heavy atom. The summed E-state index contributed by atoms with van der Waals surface area (Å²) in [6.45, 7) is 9.77. The van der Waals surface area contributed by atoms with Gasteiger partial charge in [0.05, 0.1) is 0 Å². The van der Waals surface area contributed by atoms with E-state index >= 15 is 0 Å². The van der Waals surface area contributed by atoms with Gasteiger partial charge in [-0.1, -0.05) is 26.7 Å². The van der Waals surface area contributed by atoms with Crippen LogP contribution < -0.4 is 0 Å². The summed E-state index contributed by atoms with van der Waals surface area (Å²) in [5.41, 5.74) is 0. The van der Waals surface area contributed by atoms with Crippen LogP contribution in [0.25, 0.3) is 0 Å². The van der Waals surface area contributed by atoms with Gasteiger partial charge in [0.15, 0.2) is 0 Å². The van der Waals surface area contributed by atoms with Crippen molar-refractivity contribution in [1.29, 1.82) is 0 Å². The largest absolute Gasteiger partial charge is 0.396 e. The Kier molecular flexibility index (Phi) is 6.11. The average molecular weight is 268 g/mol. The van der Waals surface area contributed by atoms with Crippen LogP contribution in [0.1, 0.15) is 52.4 Å². The fraction of sp³-hybridized carbons (Fsp3) is 1.00. The van der Waals surface area contributed by atoms with E-state index in [2.05, 4.69) is 23.6 Å². The van der Waals surface area contributed by atoms with Crippen LogP contribution in [0.2, 0.25) is 0 Å². The van der Waals surface area contributed by atoms with Gasteiger partial charge in [-0.05, 0) is 38.1 Å². The fourth-order valence-electron chi connectivity index (χ4n) is 3.66. The van der Waals surface area contributed by atoms with Crippen molar-refractivity contribution in [2.75, 3.05) is 32.8 Å². The Hall–Kier alpha value is -0.120. The number of aliphatic hydroxyl groups is 1. The highest BCUT2D eigenvalue weighted by atomic mass is 16.3. The van der Waals surface area contributed by atoms with Crippen molar-refractivity contribution in [3.8, 4) is 0 Å². The predicted molar refractivity (Wildman–Crippen MR) is 80.3 cm³/mol. The van der Waals surface area contributed by atoms with E-state index in [0.717, 1.165) is 18.4 Å². The first kappa shape index (κ1) is 15.3. The molecule has 112 valence electrons.